The molecule has 150 valence electrons. The number of methoxy groups -OCH3 is 1. The molecule has 0 heterocycles. The number of ether oxygens (including phenoxy) is 2. The highest BCUT2D eigenvalue weighted by Gasteiger charge is 2.26. The first-order valence-corrected chi connectivity index (χ1v) is 9.27. The second-order valence-electron chi connectivity index (χ2n) is 7.11. The van der Waals surface area contributed by atoms with Crippen molar-refractivity contribution in [2.75, 3.05) is 34.8 Å². The maximum atomic E-state index is 9.89. The fraction of sp³-hybridized carbons (Fsp3) is 0.318. The third-order valence-electron chi connectivity index (χ3n) is 4.54. The minimum Gasteiger partial charge on any atom is -0.489 e. The number of quaternary nitrogens is 2. The quantitative estimate of drug-likeness (QED) is 0.332. The number of allylic oxidation sites excluding steroid dienone is 1. The molecular formula is C22H31N3O3+2. The summed E-state index contributed by atoms with van der Waals surface area (Å²) in [7, 11) is 7.49. The normalized spacial score (nSPS) is 12.9. The molecule has 0 bridgehead atoms. The standard InChI is InChI=1S/C22H30N3O3/c1-24-14-13-20(23)17-9-11-19(12-10-17)28-16-18-7-5-6-8-21(18)25(2,3)15-22(26)27-4/h5-14,22-24,26H,15-16H2,1-4H3/q+1/p+1. The zero-order valence-electron chi connectivity index (χ0n) is 17.1. The van der Waals surface area contributed by atoms with E-state index in [1.54, 1.807) is 6.08 Å². The van der Waals surface area contributed by atoms with Crippen LogP contribution in [0.2, 0.25) is 0 Å². The van der Waals surface area contributed by atoms with E-state index in [9.17, 15) is 5.11 Å². The van der Waals surface area contributed by atoms with E-state index < -0.39 is 6.29 Å². The maximum absolute atomic E-state index is 9.89. The molecule has 0 saturated carbocycles. The minimum atomic E-state index is -0.828. The highest BCUT2D eigenvalue weighted by Crippen LogP contribution is 2.26. The molecule has 1 unspecified atom stereocenters. The fourth-order valence-electron chi connectivity index (χ4n) is 2.97. The molecule has 28 heavy (non-hydrogen) atoms. The first-order chi connectivity index (χ1) is 13.4. The number of aliphatic hydroxyl groups is 1. The maximum Gasteiger partial charge on any atom is 0.205 e. The molecule has 0 aliphatic rings. The van der Waals surface area contributed by atoms with Crippen molar-refractivity contribution in [3.8, 4) is 5.75 Å². The highest BCUT2D eigenvalue weighted by atomic mass is 16.6. The van der Waals surface area contributed by atoms with Crippen molar-refractivity contribution in [3.05, 3.63) is 71.9 Å². The number of rotatable bonds is 10. The average Bonchev–Trinajstić information content (AvgIpc) is 2.70. The van der Waals surface area contributed by atoms with Crippen LogP contribution >= 0.6 is 0 Å². The number of hydrogen-bond donors (Lipinski definition) is 3. The number of para-hydroxylation sites is 1. The van der Waals surface area contributed by atoms with Gasteiger partial charge in [0, 0.05) is 13.2 Å². The summed E-state index contributed by atoms with van der Waals surface area (Å²) >= 11 is 0. The predicted molar refractivity (Wildman–Crippen MR) is 113 cm³/mol. The van der Waals surface area contributed by atoms with E-state index in [1.165, 1.54) is 7.11 Å². The van der Waals surface area contributed by atoms with Crippen LogP contribution in [0.4, 0.5) is 5.69 Å². The lowest BCUT2D eigenvalue weighted by atomic mass is 10.1. The van der Waals surface area contributed by atoms with Gasteiger partial charge < -0.3 is 25.3 Å². The lowest BCUT2D eigenvalue weighted by Gasteiger charge is -2.32. The van der Waals surface area contributed by atoms with Crippen molar-refractivity contribution in [2.24, 2.45) is 0 Å². The zero-order chi connectivity index (χ0) is 20.6. The zero-order valence-corrected chi connectivity index (χ0v) is 17.1. The number of aliphatic hydroxyl groups excluding tert-OH is 1. The molecule has 2 aromatic rings. The molecule has 4 N–H and O–H groups in total. The van der Waals surface area contributed by atoms with Crippen LogP contribution in [0.1, 0.15) is 11.1 Å². The first kappa shape index (κ1) is 21.8. The second-order valence-corrected chi connectivity index (χ2v) is 7.11. The lowest BCUT2D eigenvalue weighted by molar-refractivity contribution is -0.556. The first-order valence-electron chi connectivity index (χ1n) is 9.27. The fourth-order valence-corrected chi connectivity index (χ4v) is 2.97. The van der Waals surface area contributed by atoms with Crippen molar-refractivity contribution in [2.45, 2.75) is 12.9 Å². The Morgan fingerprint density at radius 3 is 2.50 bits per heavy atom. The van der Waals surface area contributed by atoms with E-state index in [2.05, 4.69) is 0 Å². The van der Waals surface area contributed by atoms with E-state index in [-0.39, 0.29) is 0 Å². The number of nitrogens with zero attached hydrogens (tertiary/aromatic N) is 1. The van der Waals surface area contributed by atoms with Crippen LogP contribution in [0.5, 0.6) is 5.75 Å². The molecule has 0 amide bonds. The van der Waals surface area contributed by atoms with E-state index in [0.717, 1.165) is 22.6 Å². The second kappa shape index (κ2) is 10.1. The largest absolute Gasteiger partial charge is 0.489 e. The Balaban J connectivity index is 2.09. The van der Waals surface area contributed by atoms with Crippen LogP contribution in [0.15, 0.2) is 60.8 Å². The summed E-state index contributed by atoms with van der Waals surface area (Å²) in [6.07, 6.45) is 2.79. The topological polar surface area (TPSA) is 79.2 Å². The van der Waals surface area contributed by atoms with E-state index >= 15 is 0 Å². The molecule has 0 fully saturated rings. The van der Waals surface area contributed by atoms with Crippen LogP contribution in [-0.4, -0.2) is 51.9 Å². The third-order valence-corrected chi connectivity index (χ3v) is 4.54. The predicted octanol–water partition coefficient (Wildman–Crippen LogP) is 1.87. The summed E-state index contributed by atoms with van der Waals surface area (Å²) in [5.74, 6) is 0.750. The summed E-state index contributed by atoms with van der Waals surface area (Å²) in [6.45, 7) is 0.857. The Morgan fingerprint density at radius 2 is 1.86 bits per heavy atom. The van der Waals surface area contributed by atoms with Gasteiger partial charge in [0.25, 0.3) is 0 Å². The molecule has 1 atom stereocenters. The summed E-state index contributed by atoms with van der Waals surface area (Å²) in [5.41, 5.74) is 3.43. The SMILES string of the molecule is C[NH2+]C=CC(=N)c1ccc(OCc2ccccc2[N+](C)(C)CC(O)OC)cc1. The summed E-state index contributed by atoms with van der Waals surface area (Å²) in [4.78, 5) is 0. The van der Waals surface area contributed by atoms with Crippen molar-refractivity contribution in [3.63, 3.8) is 0 Å². The van der Waals surface area contributed by atoms with Crippen molar-refractivity contribution in [1.29, 1.82) is 5.41 Å². The number of nitrogens with one attached hydrogen (secondary N) is 1. The van der Waals surface area contributed by atoms with Crippen LogP contribution < -0.4 is 14.5 Å². The molecule has 2 rings (SSSR count). The minimum absolute atomic E-state index is 0.419. The summed E-state index contributed by atoms with van der Waals surface area (Å²) in [5, 5.41) is 19.8. The van der Waals surface area contributed by atoms with Gasteiger partial charge in [0.05, 0.1) is 38.6 Å². The Kier molecular flexibility index (Phi) is 7.90. The van der Waals surface area contributed by atoms with Crippen LogP contribution in [0, 0.1) is 5.41 Å². The van der Waals surface area contributed by atoms with Crippen LogP contribution in [0.3, 0.4) is 0 Å². The van der Waals surface area contributed by atoms with E-state index in [0.29, 0.717) is 23.3 Å². The summed E-state index contributed by atoms with van der Waals surface area (Å²) in [6, 6.07) is 15.6. The van der Waals surface area contributed by atoms with Gasteiger partial charge in [-0.1, -0.05) is 12.1 Å². The van der Waals surface area contributed by atoms with Gasteiger partial charge in [-0.2, -0.15) is 0 Å². The Hall–Kier alpha value is -2.51. The molecule has 0 spiro atoms. The van der Waals surface area contributed by atoms with Crippen LogP contribution in [-0.2, 0) is 11.3 Å². The van der Waals surface area contributed by atoms with Gasteiger partial charge in [-0.25, -0.2) is 0 Å². The number of hydrogen-bond acceptors (Lipinski definition) is 4. The van der Waals surface area contributed by atoms with Crippen LogP contribution in [0.25, 0.3) is 0 Å². The molecule has 6 nitrogen and oxygen atoms in total. The van der Waals surface area contributed by atoms with Crippen molar-refractivity contribution >= 4 is 11.4 Å². The van der Waals surface area contributed by atoms with Gasteiger partial charge in [0.1, 0.15) is 24.6 Å². The highest BCUT2D eigenvalue weighted by molar-refractivity contribution is 6.06. The molecule has 0 aliphatic heterocycles. The molecule has 0 aliphatic carbocycles. The number of nitrogens with two attached hydrogens (primary N) is 1. The average molecular weight is 386 g/mol. The smallest absolute Gasteiger partial charge is 0.205 e. The monoisotopic (exact) mass is 385 g/mol. The van der Waals surface area contributed by atoms with Gasteiger partial charge in [0.2, 0.25) is 6.29 Å². The van der Waals surface area contributed by atoms with Gasteiger partial charge >= 0.3 is 0 Å². The Morgan fingerprint density at radius 1 is 1.18 bits per heavy atom. The molecule has 2 aromatic carbocycles. The third kappa shape index (κ3) is 6.00. The Labute approximate surface area is 167 Å². The van der Waals surface area contributed by atoms with E-state index in [1.807, 2.05) is 81.2 Å². The van der Waals surface area contributed by atoms with Gasteiger partial charge in [-0.3, -0.25) is 4.48 Å². The molecule has 0 aromatic heterocycles. The van der Waals surface area contributed by atoms with E-state index in [4.69, 9.17) is 14.9 Å². The molecule has 6 heteroatoms. The van der Waals surface area contributed by atoms with Gasteiger partial charge in [0.15, 0.2) is 0 Å². The Bertz CT molecular complexity index is 801. The number of benzene rings is 2. The molecule has 0 saturated heterocycles. The summed E-state index contributed by atoms with van der Waals surface area (Å²) < 4.78 is 11.5. The molecular weight excluding hydrogens is 354 g/mol. The van der Waals surface area contributed by atoms with Gasteiger partial charge in [-0.15, -0.1) is 0 Å². The lowest BCUT2D eigenvalue weighted by Crippen LogP contribution is -2.72. The number of likely N-dealkylation sites (N-methyl/N-ethyl adjacent to an activating group) is 1. The van der Waals surface area contributed by atoms with Gasteiger partial charge in [-0.05, 0) is 42.0 Å². The van der Waals surface area contributed by atoms with Crippen molar-refractivity contribution in [1.82, 2.24) is 4.48 Å². The molecule has 0 radical (unpaired) electrons. The van der Waals surface area contributed by atoms with Crippen molar-refractivity contribution < 1.29 is 19.9 Å².